The van der Waals surface area contributed by atoms with Crippen molar-refractivity contribution in [2.75, 3.05) is 21.3 Å². The van der Waals surface area contributed by atoms with Crippen molar-refractivity contribution < 1.29 is 19.0 Å². The van der Waals surface area contributed by atoms with Crippen molar-refractivity contribution in [1.29, 1.82) is 0 Å². The van der Waals surface area contributed by atoms with Crippen LogP contribution >= 0.6 is 11.3 Å². The molecule has 0 atom stereocenters. The molecule has 0 spiro atoms. The molecule has 34 heavy (non-hydrogen) atoms. The van der Waals surface area contributed by atoms with E-state index in [2.05, 4.69) is 9.72 Å². The van der Waals surface area contributed by atoms with Crippen LogP contribution in [0.4, 0.5) is 0 Å². The zero-order chi connectivity index (χ0) is 23.7. The van der Waals surface area contributed by atoms with Crippen LogP contribution in [0.1, 0.15) is 15.9 Å². The number of ether oxygens (including phenoxy) is 3. The van der Waals surface area contributed by atoms with Crippen LogP contribution in [0.25, 0.3) is 26.4 Å². The molecule has 0 fully saturated rings. The van der Waals surface area contributed by atoms with Crippen LogP contribution in [0.5, 0.6) is 17.2 Å². The molecule has 172 valence electrons. The van der Waals surface area contributed by atoms with Crippen molar-refractivity contribution in [3.63, 3.8) is 0 Å². The molecule has 1 amide bonds. The van der Waals surface area contributed by atoms with Gasteiger partial charge >= 0.3 is 0 Å². The van der Waals surface area contributed by atoms with Gasteiger partial charge in [-0.05, 0) is 36.4 Å². The molecule has 2 heterocycles. The Labute approximate surface area is 200 Å². The van der Waals surface area contributed by atoms with Crippen LogP contribution in [0.15, 0.2) is 66.9 Å². The summed E-state index contributed by atoms with van der Waals surface area (Å²) in [6, 6.07) is 19.1. The number of hydrogen-bond donors (Lipinski definition) is 1. The third-order valence-electron chi connectivity index (χ3n) is 5.65. The van der Waals surface area contributed by atoms with Crippen molar-refractivity contribution in [3.8, 4) is 28.5 Å². The van der Waals surface area contributed by atoms with Crippen molar-refractivity contribution in [2.24, 2.45) is 0 Å². The van der Waals surface area contributed by atoms with Gasteiger partial charge in [-0.25, -0.2) is 4.98 Å². The maximum Gasteiger partial charge on any atom is 0.251 e. The third kappa shape index (κ3) is 3.92. The molecule has 1 N–H and O–H groups in total. The van der Waals surface area contributed by atoms with Gasteiger partial charge in [0.05, 0.1) is 37.2 Å². The number of amides is 1. The van der Waals surface area contributed by atoms with Gasteiger partial charge in [-0.1, -0.05) is 35.6 Å². The van der Waals surface area contributed by atoms with Crippen LogP contribution < -0.4 is 19.5 Å². The Bertz CT molecular complexity index is 1510. The Morgan fingerprint density at radius 2 is 1.85 bits per heavy atom. The first-order valence-electron chi connectivity index (χ1n) is 10.7. The number of fused-ring (bicyclic) bond motifs is 3. The Morgan fingerprint density at radius 1 is 1.00 bits per heavy atom. The minimum absolute atomic E-state index is 0.158. The number of methoxy groups -OCH3 is 3. The average Bonchev–Trinajstić information content (AvgIpc) is 3.44. The second-order valence-corrected chi connectivity index (χ2v) is 8.64. The molecule has 0 bridgehead atoms. The van der Waals surface area contributed by atoms with E-state index < -0.39 is 0 Å². The Hall–Kier alpha value is -4.04. The molecule has 0 radical (unpaired) electrons. The summed E-state index contributed by atoms with van der Waals surface area (Å²) in [5.41, 5.74) is 4.31. The fourth-order valence-corrected chi connectivity index (χ4v) is 4.98. The predicted octanol–water partition coefficient (Wildman–Crippen LogP) is 5.17. The second-order valence-electron chi connectivity index (χ2n) is 7.63. The van der Waals surface area contributed by atoms with Crippen molar-refractivity contribution in [3.05, 3.63) is 78.0 Å². The number of nitrogens with one attached hydrogen (secondary N) is 1. The zero-order valence-electron chi connectivity index (χ0n) is 19.0. The van der Waals surface area contributed by atoms with E-state index in [0.717, 1.165) is 37.7 Å². The first-order chi connectivity index (χ1) is 16.6. The van der Waals surface area contributed by atoms with Gasteiger partial charge in [0.15, 0.2) is 16.5 Å². The summed E-state index contributed by atoms with van der Waals surface area (Å²) in [6.07, 6.45) is 2.01. The summed E-state index contributed by atoms with van der Waals surface area (Å²) in [5.74, 6) is 1.88. The molecule has 8 heteroatoms. The molecule has 0 aliphatic rings. The van der Waals surface area contributed by atoms with E-state index in [1.807, 2.05) is 66.9 Å². The highest BCUT2D eigenvalue weighted by Gasteiger charge is 2.15. The largest absolute Gasteiger partial charge is 0.497 e. The van der Waals surface area contributed by atoms with Crippen LogP contribution in [0.3, 0.4) is 0 Å². The quantitative estimate of drug-likeness (QED) is 0.353. The van der Waals surface area contributed by atoms with Gasteiger partial charge < -0.3 is 19.5 Å². The van der Waals surface area contributed by atoms with Gasteiger partial charge in [-0.15, -0.1) is 0 Å². The normalized spacial score (nSPS) is 11.0. The van der Waals surface area contributed by atoms with E-state index >= 15 is 0 Å². The Morgan fingerprint density at radius 3 is 2.65 bits per heavy atom. The number of rotatable bonds is 7. The lowest BCUT2D eigenvalue weighted by atomic mass is 10.1. The predicted molar refractivity (Wildman–Crippen MR) is 133 cm³/mol. The highest BCUT2D eigenvalue weighted by molar-refractivity contribution is 7.23. The summed E-state index contributed by atoms with van der Waals surface area (Å²) < 4.78 is 19.2. The maximum atomic E-state index is 12.9. The Kier molecular flexibility index (Phi) is 5.81. The van der Waals surface area contributed by atoms with Crippen molar-refractivity contribution >= 4 is 32.4 Å². The molecule has 0 unspecified atom stereocenters. The summed E-state index contributed by atoms with van der Waals surface area (Å²) in [7, 11) is 4.83. The number of carbonyl (C=O) groups excluding carboxylic acids is 1. The first kappa shape index (κ1) is 21.8. The first-order valence-corrected chi connectivity index (χ1v) is 11.5. The van der Waals surface area contributed by atoms with E-state index in [1.54, 1.807) is 32.7 Å². The van der Waals surface area contributed by atoms with Crippen LogP contribution in [-0.2, 0) is 6.54 Å². The molecule has 7 nitrogen and oxygen atoms in total. The van der Waals surface area contributed by atoms with Gasteiger partial charge in [0.1, 0.15) is 5.75 Å². The standard InChI is InChI=1S/C26H23N3O4S/c1-31-19-8-4-6-16(12-19)20-15-29-21-11-10-17(13-23(21)34-26(29)28-20)25(30)27-14-18-7-5-9-22(32-2)24(18)33-3/h4-13,15H,14H2,1-3H3,(H,27,30). The lowest BCUT2D eigenvalue weighted by Crippen LogP contribution is -2.23. The molecule has 2 aromatic heterocycles. The number of imidazole rings is 1. The third-order valence-corrected chi connectivity index (χ3v) is 6.66. The van der Waals surface area contributed by atoms with Gasteiger partial charge in [0.25, 0.3) is 5.91 Å². The number of carbonyl (C=O) groups is 1. The van der Waals surface area contributed by atoms with Gasteiger partial charge in [0.2, 0.25) is 0 Å². The lowest BCUT2D eigenvalue weighted by Gasteiger charge is -2.13. The zero-order valence-corrected chi connectivity index (χ0v) is 19.8. The number of para-hydroxylation sites is 1. The molecular weight excluding hydrogens is 450 g/mol. The fraction of sp³-hybridized carbons (Fsp3) is 0.154. The number of thiazole rings is 1. The van der Waals surface area contributed by atoms with Crippen LogP contribution in [0.2, 0.25) is 0 Å². The number of aromatic nitrogens is 2. The number of nitrogens with zero attached hydrogens (tertiary/aromatic N) is 2. The molecule has 0 aliphatic carbocycles. The molecule has 0 saturated heterocycles. The van der Waals surface area contributed by atoms with Gasteiger partial charge in [0, 0.05) is 29.4 Å². The number of benzene rings is 3. The smallest absolute Gasteiger partial charge is 0.251 e. The maximum absolute atomic E-state index is 12.9. The summed E-state index contributed by atoms with van der Waals surface area (Å²) in [5, 5.41) is 2.97. The van der Waals surface area contributed by atoms with E-state index in [9.17, 15) is 4.79 Å². The Balaban J connectivity index is 1.38. The molecule has 0 saturated carbocycles. The topological polar surface area (TPSA) is 74.1 Å². The van der Waals surface area contributed by atoms with E-state index in [-0.39, 0.29) is 5.91 Å². The highest BCUT2D eigenvalue weighted by atomic mass is 32.1. The minimum Gasteiger partial charge on any atom is -0.497 e. The molecular formula is C26H23N3O4S. The van der Waals surface area contributed by atoms with Crippen LogP contribution in [-0.4, -0.2) is 36.6 Å². The van der Waals surface area contributed by atoms with Crippen molar-refractivity contribution in [2.45, 2.75) is 6.54 Å². The molecule has 5 aromatic rings. The van der Waals surface area contributed by atoms with Crippen molar-refractivity contribution in [1.82, 2.24) is 14.7 Å². The summed E-state index contributed by atoms with van der Waals surface area (Å²) in [4.78, 5) is 18.5. The fourth-order valence-electron chi connectivity index (χ4n) is 3.93. The minimum atomic E-state index is -0.158. The van der Waals surface area contributed by atoms with E-state index in [1.165, 1.54) is 0 Å². The highest BCUT2D eigenvalue weighted by Crippen LogP contribution is 2.32. The summed E-state index contributed by atoms with van der Waals surface area (Å²) in [6.45, 7) is 0.328. The molecule has 0 aliphatic heterocycles. The number of hydrogen-bond acceptors (Lipinski definition) is 6. The van der Waals surface area contributed by atoms with Gasteiger partial charge in [-0.2, -0.15) is 0 Å². The average molecular weight is 474 g/mol. The van der Waals surface area contributed by atoms with E-state index in [0.29, 0.717) is 23.6 Å². The van der Waals surface area contributed by atoms with E-state index in [4.69, 9.17) is 19.2 Å². The van der Waals surface area contributed by atoms with Gasteiger partial charge in [-0.3, -0.25) is 9.20 Å². The summed E-state index contributed by atoms with van der Waals surface area (Å²) >= 11 is 1.55. The second kappa shape index (κ2) is 9.07. The SMILES string of the molecule is COc1cccc(-c2cn3c(n2)sc2cc(C(=O)NCc4cccc(OC)c4OC)ccc23)c1. The lowest BCUT2D eigenvalue weighted by molar-refractivity contribution is 0.0950. The molecule has 3 aromatic carbocycles. The molecule has 5 rings (SSSR count). The van der Waals surface area contributed by atoms with Crippen LogP contribution in [0, 0.1) is 0 Å². The monoisotopic (exact) mass is 473 g/mol.